The largest absolute Gasteiger partial charge is 0.441 e. The topological polar surface area (TPSA) is 55.1 Å². The van der Waals surface area contributed by atoms with Gasteiger partial charge in [-0.25, -0.2) is 4.98 Å². The summed E-state index contributed by atoms with van der Waals surface area (Å²) in [6.07, 6.45) is 1.31. The van der Waals surface area contributed by atoms with Gasteiger partial charge < -0.3 is 9.73 Å². The SMILES string of the molecule is Cc1nc2ccc(CNC(=O)CCc3cccs3)cc2o1. The minimum absolute atomic E-state index is 0.0669. The number of hydrogen-bond acceptors (Lipinski definition) is 4. The van der Waals surface area contributed by atoms with Crippen molar-refractivity contribution in [3.63, 3.8) is 0 Å². The van der Waals surface area contributed by atoms with Gasteiger partial charge in [0.25, 0.3) is 0 Å². The number of oxazole rings is 1. The smallest absolute Gasteiger partial charge is 0.220 e. The van der Waals surface area contributed by atoms with Gasteiger partial charge in [-0.15, -0.1) is 11.3 Å². The Kier molecular flexibility index (Phi) is 4.01. The molecule has 0 radical (unpaired) electrons. The first-order valence-corrected chi connectivity index (χ1v) is 7.74. The Morgan fingerprint density at radius 3 is 3.10 bits per heavy atom. The van der Waals surface area contributed by atoms with Gasteiger partial charge in [0.2, 0.25) is 5.91 Å². The molecule has 1 aromatic carbocycles. The monoisotopic (exact) mass is 300 g/mol. The van der Waals surface area contributed by atoms with Gasteiger partial charge in [-0.3, -0.25) is 4.79 Å². The van der Waals surface area contributed by atoms with Gasteiger partial charge in [0.05, 0.1) is 0 Å². The van der Waals surface area contributed by atoms with E-state index in [1.807, 2.05) is 36.6 Å². The van der Waals surface area contributed by atoms with Gasteiger partial charge in [-0.05, 0) is 35.6 Å². The fourth-order valence-corrected chi connectivity index (χ4v) is 2.88. The molecule has 0 spiro atoms. The van der Waals surface area contributed by atoms with E-state index in [-0.39, 0.29) is 5.91 Å². The predicted octanol–water partition coefficient (Wildman–Crippen LogP) is 3.45. The van der Waals surface area contributed by atoms with Crippen molar-refractivity contribution in [1.29, 1.82) is 0 Å². The molecule has 0 atom stereocenters. The van der Waals surface area contributed by atoms with Crippen LogP contribution in [0.4, 0.5) is 0 Å². The van der Waals surface area contributed by atoms with Crippen LogP contribution in [0.3, 0.4) is 0 Å². The Labute approximate surface area is 126 Å². The van der Waals surface area contributed by atoms with Gasteiger partial charge in [0, 0.05) is 24.8 Å². The Bertz CT molecular complexity index is 747. The van der Waals surface area contributed by atoms with E-state index in [1.54, 1.807) is 11.3 Å². The lowest BCUT2D eigenvalue weighted by Gasteiger charge is -2.04. The van der Waals surface area contributed by atoms with Gasteiger partial charge in [0.1, 0.15) is 5.52 Å². The van der Waals surface area contributed by atoms with E-state index >= 15 is 0 Å². The molecule has 1 amide bonds. The molecule has 0 unspecified atom stereocenters. The molecule has 2 aromatic heterocycles. The maximum atomic E-state index is 11.8. The summed E-state index contributed by atoms with van der Waals surface area (Å²) in [5, 5.41) is 4.97. The highest BCUT2D eigenvalue weighted by Gasteiger charge is 2.06. The minimum Gasteiger partial charge on any atom is -0.441 e. The molecule has 0 aliphatic carbocycles. The number of benzene rings is 1. The third kappa shape index (κ3) is 3.49. The molecule has 4 nitrogen and oxygen atoms in total. The Morgan fingerprint density at radius 2 is 2.29 bits per heavy atom. The summed E-state index contributed by atoms with van der Waals surface area (Å²) in [6.45, 7) is 2.34. The van der Waals surface area contributed by atoms with Crippen molar-refractivity contribution in [2.75, 3.05) is 0 Å². The van der Waals surface area contributed by atoms with E-state index in [1.165, 1.54) is 4.88 Å². The third-order valence-corrected chi connectivity index (χ3v) is 4.16. The van der Waals surface area contributed by atoms with Crippen LogP contribution in [0.25, 0.3) is 11.1 Å². The number of hydrogen-bond donors (Lipinski definition) is 1. The molecular formula is C16H16N2O2S. The molecule has 0 bridgehead atoms. The highest BCUT2D eigenvalue weighted by atomic mass is 32.1. The molecule has 2 heterocycles. The van der Waals surface area contributed by atoms with E-state index in [2.05, 4.69) is 16.4 Å². The van der Waals surface area contributed by atoms with Crippen molar-refractivity contribution < 1.29 is 9.21 Å². The second-order valence-corrected chi connectivity index (χ2v) is 5.92. The number of amides is 1. The van der Waals surface area contributed by atoms with Gasteiger partial charge in [0.15, 0.2) is 11.5 Å². The summed E-state index contributed by atoms with van der Waals surface area (Å²) in [6, 6.07) is 9.86. The highest BCUT2D eigenvalue weighted by molar-refractivity contribution is 7.09. The number of rotatable bonds is 5. The molecule has 0 aliphatic heterocycles. The van der Waals surface area contributed by atoms with E-state index in [4.69, 9.17) is 4.42 Å². The molecule has 0 fully saturated rings. The summed E-state index contributed by atoms with van der Waals surface area (Å²) in [4.78, 5) is 17.3. The number of nitrogens with zero attached hydrogens (tertiary/aromatic N) is 1. The maximum absolute atomic E-state index is 11.8. The van der Waals surface area contributed by atoms with Crippen LogP contribution in [-0.4, -0.2) is 10.9 Å². The molecule has 3 aromatic rings. The highest BCUT2D eigenvalue weighted by Crippen LogP contribution is 2.17. The summed E-state index contributed by atoms with van der Waals surface area (Å²) in [5.41, 5.74) is 2.63. The molecule has 5 heteroatoms. The zero-order valence-corrected chi connectivity index (χ0v) is 12.6. The number of carbonyl (C=O) groups is 1. The molecule has 1 N–H and O–H groups in total. The molecule has 3 rings (SSSR count). The van der Waals surface area contributed by atoms with Crippen LogP contribution in [0.1, 0.15) is 22.8 Å². The summed E-state index contributed by atoms with van der Waals surface area (Å²) in [5.74, 6) is 0.722. The summed E-state index contributed by atoms with van der Waals surface area (Å²) in [7, 11) is 0. The van der Waals surface area contributed by atoms with Crippen molar-refractivity contribution in [3.8, 4) is 0 Å². The first-order valence-electron chi connectivity index (χ1n) is 6.86. The molecular weight excluding hydrogens is 284 g/mol. The molecule has 0 aliphatic rings. The van der Waals surface area contributed by atoms with Gasteiger partial charge in [-0.2, -0.15) is 0 Å². The third-order valence-electron chi connectivity index (χ3n) is 3.23. The number of nitrogens with one attached hydrogen (secondary N) is 1. The fraction of sp³-hybridized carbons (Fsp3) is 0.250. The van der Waals surface area contributed by atoms with Crippen molar-refractivity contribution in [2.24, 2.45) is 0 Å². The Morgan fingerprint density at radius 1 is 1.38 bits per heavy atom. The van der Waals surface area contributed by atoms with Crippen molar-refractivity contribution >= 4 is 28.3 Å². The summed E-state index contributed by atoms with van der Waals surface area (Å²) < 4.78 is 5.49. The lowest BCUT2D eigenvalue weighted by molar-refractivity contribution is -0.121. The first kappa shape index (κ1) is 13.8. The number of aromatic nitrogens is 1. The van der Waals surface area contributed by atoms with Gasteiger partial charge >= 0.3 is 0 Å². The molecule has 0 saturated heterocycles. The van der Waals surface area contributed by atoms with E-state index in [0.29, 0.717) is 18.9 Å². The fourth-order valence-electron chi connectivity index (χ4n) is 2.17. The van der Waals surface area contributed by atoms with Crippen LogP contribution >= 0.6 is 11.3 Å². The second kappa shape index (κ2) is 6.10. The second-order valence-electron chi connectivity index (χ2n) is 4.89. The number of aryl methyl sites for hydroxylation is 2. The zero-order chi connectivity index (χ0) is 14.7. The van der Waals surface area contributed by atoms with Crippen LogP contribution in [0.15, 0.2) is 40.1 Å². The molecule has 108 valence electrons. The van der Waals surface area contributed by atoms with Gasteiger partial charge in [-0.1, -0.05) is 12.1 Å². The van der Waals surface area contributed by atoms with E-state index < -0.39 is 0 Å². The lowest BCUT2D eigenvalue weighted by Crippen LogP contribution is -2.22. The normalized spacial score (nSPS) is 10.9. The molecule has 0 saturated carbocycles. The van der Waals surface area contributed by atoms with Crippen molar-refractivity contribution in [1.82, 2.24) is 10.3 Å². The average Bonchev–Trinajstić information content (AvgIpc) is 3.10. The number of carbonyl (C=O) groups excluding carboxylic acids is 1. The standard InChI is InChI=1S/C16H16N2O2S/c1-11-18-14-6-4-12(9-15(14)20-11)10-17-16(19)7-5-13-3-2-8-21-13/h2-4,6,8-9H,5,7,10H2,1H3,(H,17,19). The minimum atomic E-state index is 0.0669. The molecule has 21 heavy (non-hydrogen) atoms. The Hall–Kier alpha value is -2.14. The Balaban J connectivity index is 1.54. The zero-order valence-electron chi connectivity index (χ0n) is 11.8. The van der Waals surface area contributed by atoms with Crippen LogP contribution < -0.4 is 5.32 Å². The van der Waals surface area contributed by atoms with Crippen LogP contribution in [0.5, 0.6) is 0 Å². The van der Waals surface area contributed by atoms with Crippen molar-refractivity contribution in [3.05, 3.63) is 52.0 Å². The predicted molar refractivity (Wildman–Crippen MR) is 83.2 cm³/mol. The lowest BCUT2D eigenvalue weighted by atomic mass is 10.2. The van der Waals surface area contributed by atoms with Crippen LogP contribution in [-0.2, 0) is 17.8 Å². The van der Waals surface area contributed by atoms with Crippen molar-refractivity contribution in [2.45, 2.75) is 26.3 Å². The van der Waals surface area contributed by atoms with E-state index in [0.717, 1.165) is 23.1 Å². The van der Waals surface area contributed by atoms with E-state index in [9.17, 15) is 4.79 Å². The summed E-state index contributed by atoms with van der Waals surface area (Å²) >= 11 is 1.68. The average molecular weight is 300 g/mol. The quantitative estimate of drug-likeness (QED) is 0.785. The first-order chi connectivity index (χ1) is 10.2. The van der Waals surface area contributed by atoms with Crippen LogP contribution in [0.2, 0.25) is 0 Å². The number of thiophene rings is 1. The maximum Gasteiger partial charge on any atom is 0.220 e. The number of fused-ring (bicyclic) bond motifs is 1. The van der Waals surface area contributed by atoms with Crippen LogP contribution in [0, 0.1) is 6.92 Å².